The van der Waals surface area contributed by atoms with Gasteiger partial charge in [-0.15, -0.1) is 0 Å². The maximum Gasteiger partial charge on any atom is 0.258 e. The van der Waals surface area contributed by atoms with Crippen molar-refractivity contribution in [2.75, 3.05) is 23.3 Å². The van der Waals surface area contributed by atoms with Gasteiger partial charge in [-0.05, 0) is 50.2 Å². The van der Waals surface area contributed by atoms with Crippen LogP contribution >= 0.6 is 11.6 Å². The number of carbonyl (C=O) groups is 1. The van der Waals surface area contributed by atoms with Gasteiger partial charge in [0.2, 0.25) is 0 Å². The summed E-state index contributed by atoms with van der Waals surface area (Å²) in [5.74, 6) is -0.260. The van der Waals surface area contributed by atoms with Gasteiger partial charge in [-0.1, -0.05) is 11.6 Å². The minimum absolute atomic E-state index is 0.203. The Morgan fingerprint density at radius 3 is 2.43 bits per heavy atom. The Morgan fingerprint density at radius 1 is 1.19 bits per heavy atom. The highest BCUT2D eigenvalue weighted by molar-refractivity contribution is 6.33. The summed E-state index contributed by atoms with van der Waals surface area (Å²) in [6.07, 6.45) is 1.55. The summed E-state index contributed by atoms with van der Waals surface area (Å²) in [4.78, 5) is 18.3. The highest BCUT2D eigenvalue weighted by Crippen LogP contribution is 2.19. The number of hydrogen-bond donors (Lipinski definition) is 1. The second-order valence-electron chi connectivity index (χ2n) is 4.52. The normalized spacial score (nSPS) is 10.2. The molecule has 2 aromatic rings. The topological polar surface area (TPSA) is 45.2 Å². The zero-order chi connectivity index (χ0) is 15.2. The third kappa shape index (κ3) is 3.73. The zero-order valence-electron chi connectivity index (χ0n) is 12.1. The Morgan fingerprint density at radius 2 is 1.86 bits per heavy atom. The van der Waals surface area contributed by atoms with Crippen molar-refractivity contribution in [3.05, 3.63) is 53.3 Å². The largest absolute Gasteiger partial charge is 0.372 e. The number of amides is 1. The van der Waals surface area contributed by atoms with Gasteiger partial charge in [-0.3, -0.25) is 4.79 Å². The number of anilines is 2. The quantitative estimate of drug-likeness (QED) is 0.854. The van der Waals surface area contributed by atoms with Crippen LogP contribution in [0.1, 0.15) is 24.2 Å². The maximum atomic E-state index is 12.1. The van der Waals surface area contributed by atoms with E-state index in [1.807, 2.05) is 24.3 Å². The van der Waals surface area contributed by atoms with Crippen molar-refractivity contribution >= 4 is 28.9 Å². The van der Waals surface area contributed by atoms with Crippen LogP contribution < -0.4 is 10.2 Å². The highest BCUT2D eigenvalue weighted by Gasteiger charge is 2.11. The molecule has 4 nitrogen and oxygen atoms in total. The van der Waals surface area contributed by atoms with Crippen LogP contribution in [0.3, 0.4) is 0 Å². The monoisotopic (exact) mass is 303 g/mol. The minimum Gasteiger partial charge on any atom is -0.372 e. The predicted octanol–water partition coefficient (Wildman–Crippen LogP) is 3.83. The van der Waals surface area contributed by atoms with Crippen LogP contribution in [0, 0.1) is 0 Å². The van der Waals surface area contributed by atoms with Crippen molar-refractivity contribution in [1.29, 1.82) is 0 Å². The van der Waals surface area contributed by atoms with Crippen LogP contribution in [-0.2, 0) is 0 Å². The van der Waals surface area contributed by atoms with Gasteiger partial charge in [0.05, 0.1) is 5.56 Å². The number of nitrogens with one attached hydrogen (secondary N) is 1. The van der Waals surface area contributed by atoms with E-state index in [0.29, 0.717) is 5.56 Å². The lowest BCUT2D eigenvalue weighted by atomic mass is 10.2. The second-order valence-corrected chi connectivity index (χ2v) is 4.87. The molecule has 0 spiro atoms. The number of aromatic nitrogens is 1. The third-order valence-corrected chi connectivity index (χ3v) is 3.56. The molecule has 0 aliphatic heterocycles. The van der Waals surface area contributed by atoms with Crippen LogP contribution in [0.15, 0.2) is 42.6 Å². The molecule has 0 unspecified atom stereocenters. The molecule has 5 heteroatoms. The third-order valence-electron chi connectivity index (χ3n) is 3.26. The van der Waals surface area contributed by atoms with Gasteiger partial charge in [-0.2, -0.15) is 0 Å². The van der Waals surface area contributed by atoms with E-state index >= 15 is 0 Å². The van der Waals surface area contributed by atoms with Crippen LogP contribution in [-0.4, -0.2) is 24.0 Å². The Hall–Kier alpha value is -2.07. The molecule has 2 rings (SSSR count). The van der Waals surface area contributed by atoms with E-state index in [4.69, 9.17) is 11.6 Å². The summed E-state index contributed by atoms with van der Waals surface area (Å²) in [6, 6.07) is 11.1. The van der Waals surface area contributed by atoms with Gasteiger partial charge in [0.25, 0.3) is 5.91 Å². The van der Waals surface area contributed by atoms with Crippen LogP contribution in [0.2, 0.25) is 5.15 Å². The molecule has 21 heavy (non-hydrogen) atoms. The molecule has 1 N–H and O–H groups in total. The molecule has 0 fully saturated rings. The summed E-state index contributed by atoms with van der Waals surface area (Å²) in [5.41, 5.74) is 2.24. The first-order valence-electron chi connectivity index (χ1n) is 6.92. The Balaban J connectivity index is 2.10. The Kier molecular flexibility index (Phi) is 5.17. The number of pyridine rings is 1. The molecular formula is C16H18ClN3O. The van der Waals surface area contributed by atoms with Crippen LogP contribution in [0.4, 0.5) is 11.4 Å². The number of halogens is 1. The van der Waals surface area contributed by atoms with Gasteiger partial charge in [0.1, 0.15) is 5.15 Å². The molecule has 1 heterocycles. The van der Waals surface area contributed by atoms with Gasteiger partial charge < -0.3 is 10.2 Å². The molecule has 0 radical (unpaired) electrons. The summed E-state index contributed by atoms with van der Waals surface area (Å²) < 4.78 is 0. The minimum atomic E-state index is -0.260. The SMILES string of the molecule is CCN(CC)c1ccc(NC(=O)c2cccnc2Cl)cc1. The fourth-order valence-corrected chi connectivity index (χ4v) is 2.30. The van der Waals surface area contributed by atoms with E-state index in [9.17, 15) is 4.79 Å². The molecular weight excluding hydrogens is 286 g/mol. The molecule has 1 aromatic carbocycles. The van der Waals surface area contributed by atoms with Crippen molar-refractivity contribution in [3.8, 4) is 0 Å². The molecule has 1 amide bonds. The van der Waals surface area contributed by atoms with E-state index in [2.05, 4.69) is 29.0 Å². The van der Waals surface area contributed by atoms with Gasteiger partial charge in [0.15, 0.2) is 0 Å². The van der Waals surface area contributed by atoms with Crippen molar-refractivity contribution in [2.24, 2.45) is 0 Å². The average Bonchev–Trinajstić information content (AvgIpc) is 2.50. The smallest absolute Gasteiger partial charge is 0.258 e. The number of nitrogens with zero attached hydrogens (tertiary/aromatic N) is 2. The van der Waals surface area contributed by atoms with Crippen LogP contribution in [0.5, 0.6) is 0 Å². The number of carbonyl (C=O) groups excluding carboxylic acids is 1. The van der Waals surface area contributed by atoms with E-state index in [1.165, 1.54) is 0 Å². The zero-order valence-corrected chi connectivity index (χ0v) is 12.9. The molecule has 0 aliphatic rings. The lowest BCUT2D eigenvalue weighted by Gasteiger charge is -2.21. The summed E-state index contributed by atoms with van der Waals surface area (Å²) in [5, 5.41) is 3.02. The van der Waals surface area contributed by atoms with Crippen molar-refractivity contribution in [2.45, 2.75) is 13.8 Å². The lowest BCUT2D eigenvalue weighted by Crippen LogP contribution is -2.21. The number of rotatable bonds is 5. The molecule has 0 atom stereocenters. The first kappa shape index (κ1) is 15.3. The summed E-state index contributed by atoms with van der Waals surface area (Å²) >= 11 is 5.91. The fourth-order valence-electron chi connectivity index (χ4n) is 2.10. The van der Waals surface area contributed by atoms with Crippen molar-refractivity contribution in [3.63, 3.8) is 0 Å². The molecule has 0 saturated heterocycles. The second kappa shape index (κ2) is 7.09. The average molecular weight is 304 g/mol. The molecule has 1 aromatic heterocycles. The number of benzene rings is 1. The molecule has 0 saturated carbocycles. The fraction of sp³-hybridized carbons (Fsp3) is 0.250. The van der Waals surface area contributed by atoms with Crippen molar-refractivity contribution < 1.29 is 4.79 Å². The molecule has 110 valence electrons. The lowest BCUT2D eigenvalue weighted by molar-refractivity contribution is 0.102. The van der Waals surface area contributed by atoms with Gasteiger partial charge in [0, 0.05) is 30.7 Å². The predicted molar refractivity (Wildman–Crippen MR) is 87.2 cm³/mol. The van der Waals surface area contributed by atoms with E-state index in [0.717, 1.165) is 24.5 Å². The van der Waals surface area contributed by atoms with E-state index < -0.39 is 0 Å². The first-order chi connectivity index (χ1) is 10.2. The summed E-state index contributed by atoms with van der Waals surface area (Å²) in [7, 11) is 0. The van der Waals surface area contributed by atoms with Crippen LogP contribution in [0.25, 0.3) is 0 Å². The van der Waals surface area contributed by atoms with E-state index in [1.54, 1.807) is 18.3 Å². The van der Waals surface area contributed by atoms with Gasteiger partial charge in [-0.25, -0.2) is 4.98 Å². The van der Waals surface area contributed by atoms with E-state index in [-0.39, 0.29) is 11.1 Å². The van der Waals surface area contributed by atoms with Gasteiger partial charge >= 0.3 is 0 Å². The first-order valence-corrected chi connectivity index (χ1v) is 7.30. The summed E-state index contributed by atoms with van der Waals surface area (Å²) in [6.45, 7) is 6.13. The Labute approximate surface area is 129 Å². The highest BCUT2D eigenvalue weighted by atomic mass is 35.5. The Bertz CT molecular complexity index is 609. The molecule has 0 aliphatic carbocycles. The maximum absolute atomic E-state index is 12.1. The van der Waals surface area contributed by atoms with Crippen molar-refractivity contribution in [1.82, 2.24) is 4.98 Å². The number of hydrogen-bond acceptors (Lipinski definition) is 3. The molecule has 0 bridgehead atoms. The standard InChI is InChI=1S/C16H18ClN3O/c1-3-20(4-2)13-9-7-12(8-10-13)19-16(21)14-6-5-11-18-15(14)17/h5-11H,3-4H2,1-2H3,(H,19,21).